The summed E-state index contributed by atoms with van der Waals surface area (Å²) in [4.78, 5) is 27.0. The number of hydrogen-bond donors (Lipinski definition) is 1. The Hall–Kier alpha value is -2.59. The van der Waals surface area contributed by atoms with Gasteiger partial charge in [-0.2, -0.15) is 0 Å². The summed E-state index contributed by atoms with van der Waals surface area (Å²) < 4.78 is 0. The number of carbonyl (C=O) groups is 2. The highest BCUT2D eigenvalue weighted by Crippen LogP contribution is 2.31. The molecule has 1 aliphatic rings. The van der Waals surface area contributed by atoms with Crippen LogP contribution in [0.3, 0.4) is 0 Å². The molecule has 0 fully saturated rings. The van der Waals surface area contributed by atoms with Crippen LogP contribution in [0.1, 0.15) is 31.4 Å². The van der Waals surface area contributed by atoms with Crippen molar-refractivity contribution < 1.29 is 9.59 Å². The summed E-state index contributed by atoms with van der Waals surface area (Å²) in [7, 11) is 0. The van der Waals surface area contributed by atoms with Crippen molar-refractivity contribution in [1.29, 1.82) is 0 Å². The van der Waals surface area contributed by atoms with E-state index in [9.17, 15) is 9.59 Å². The molecular weight excluding hydrogens is 348 g/mol. The van der Waals surface area contributed by atoms with E-state index in [1.54, 1.807) is 24.3 Å². The van der Waals surface area contributed by atoms with Crippen molar-refractivity contribution in [2.45, 2.75) is 26.7 Å². The maximum Gasteiger partial charge on any atom is 0.278 e. The summed E-state index contributed by atoms with van der Waals surface area (Å²) in [5, 5.41) is 3.74. The molecule has 0 spiro atoms. The lowest BCUT2D eigenvalue weighted by molar-refractivity contribution is -0.136. The molecule has 0 aliphatic carbocycles. The number of hydrogen-bond acceptors (Lipinski definition) is 3. The highest BCUT2D eigenvalue weighted by atomic mass is 35.5. The summed E-state index contributed by atoms with van der Waals surface area (Å²) in [6.07, 6.45) is 1.66. The van der Waals surface area contributed by atoms with Crippen LogP contribution in [-0.2, 0) is 16.0 Å². The quantitative estimate of drug-likeness (QED) is 0.763. The molecule has 26 heavy (non-hydrogen) atoms. The molecule has 1 N–H and O–H groups in total. The van der Waals surface area contributed by atoms with Crippen molar-refractivity contribution in [1.82, 2.24) is 4.90 Å². The molecule has 0 radical (unpaired) electrons. The molecular formula is C21H21ClN2O2. The van der Waals surface area contributed by atoms with Gasteiger partial charge in [0.25, 0.3) is 11.8 Å². The van der Waals surface area contributed by atoms with Crippen molar-refractivity contribution >= 4 is 34.7 Å². The average molecular weight is 369 g/mol. The first-order valence-corrected chi connectivity index (χ1v) is 9.15. The largest absolute Gasteiger partial charge is 0.350 e. The van der Waals surface area contributed by atoms with E-state index in [0.29, 0.717) is 34.8 Å². The second-order valence-corrected chi connectivity index (χ2v) is 6.63. The van der Waals surface area contributed by atoms with E-state index in [-0.39, 0.29) is 11.8 Å². The molecule has 0 unspecified atom stereocenters. The number of nitrogens with one attached hydrogen (secondary N) is 1. The Bertz CT molecular complexity index is 855. The highest BCUT2D eigenvalue weighted by Gasteiger charge is 2.38. The maximum atomic E-state index is 12.9. The second-order valence-electron chi connectivity index (χ2n) is 6.19. The van der Waals surface area contributed by atoms with Crippen LogP contribution >= 0.6 is 11.6 Å². The number of anilines is 1. The molecule has 0 saturated heterocycles. The number of benzene rings is 2. The molecule has 134 valence electrons. The fourth-order valence-corrected chi connectivity index (χ4v) is 3.10. The first-order valence-electron chi connectivity index (χ1n) is 8.77. The van der Waals surface area contributed by atoms with Crippen molar-refractivity contribution in [3.8, 4) is 0 Å². The summed E-state index contributed by atoms with van der Waals surface area (Å²) in [6.45, 7) is 4.43. The minimum Gasteiger partial charge on any atom is -0.350 e. The van der Waals surface area contributed by atoms with Crippen LogP contribution in [0.2, 0.25) is 5.02 Å². The molecule has 5 heteroatoms. The zero-order chi connectivity index (χ0) is 18.7. The Kier molecular flexibility index (Phi) is 5.43. The van der Waals surface area contributed by atoms with Crippen LogP contribution in [0.5, 0.6) is 0 Å². The number of carbonyl (C=O) groups excluding carboxylic acids is 2. The van der Waals surface area contributed by atoms with E-state index in [2.05, 4.69) is 12.2 Å². The first-order chi connectivity index (χ1) is 12.5. The van der Waals surface area contributed by atoms with Crippen LogP contribution < -0.4 is 5.32 Å². The first kappa shape index (κ1) is 18.2. The molecule has 2 aromatic carbocycles. The lowest BCUT2D eigenvalue weighted by Gasteiger charge is -2.13. The number of aryl methyl sites for hydroxylation is 1. The summed E-state index contributed by atoms with van der Waals surface area (Å²) >= 11 is 5.96. The van der Waals surface area contributed by atoms with Crippen LogP contribution in [0.25, 0.3) is 5.57 Å². The van der Waals surface area contributed by atoms with E-state index < -0.39 is 0 Å². The number of amides is 2. The molecule has 2 aromatic rings. The molecule has 3 rings (SSSR count). The smallest absolute Gasteiger partial charge is 0.278 e. The Balaban J connectivity index is 2.02. The topological polar surface area (TPSA) is 49.4 Å². The summed E-state index contributed by atoms with van der Waals surface area (Å²) in [5.41, 5.74) is 3.38. The lowest BCUT2D eigenvalue weighted by atomic mass is 10.0. The summed E-state index contributed by atoms with van der Waals surface area (Å²) in [6, 6.07) is 14.8. The van der Waals surface area contributed by atoms with E-state index >= 15 is 0 Å². The van der Waals surface area contributed by atoms with Crippen LogP contribution in [0.15, 0.2) is 54.2 Å². The Morgan fingerprint density at radius 2 is 1.58 bits per heavy atom. The monoisotopic (exact) mass is 368 g/mol. The van der Waals surface area contributed by atoms with Gasteiger partial charge in [0.1, 0.15) is 5.70 Å². The molecule has 0 saturated carbocycles. The third-order valence-corrected chi connectivity index (χ3v) is 4.63. The van der Waals surface area contributed by atoms with Crippen molar-refractivity contribution in [2.24, 2.45) is 0 Å². The van der Waals surface area contributed by atoms with Crippen molar-refractivity contribution in [3.05, 3.63) is 70.4 Å². The van der Waals surface area contributed by atoms with Gasteiger partial charge in [0.05, 0.1) is 5.57 Å². The van der Waals surface area contributed by atoms with Gasteiger partial charge in [0, 0.05) is 17.3 Å². The van der Waals surface area contributed by atoms with Gasteiger partial charge in [-0.1, -0.05) is 49.7 Å². The van der Waals surface area contributed by atoms with E-state index in [1.165, 1.54) is 10.5 Å². The predicted molar refractivity (Wildman–Crippen MR) is 105 cm³/mol. The van der Waals surface area contributed by atoms with Crippen molar-refractivity contribution in [2.75, 3.05) is 11.9 Å². The average Bonchev–Trinajstić information content (AvgIpc) is 2.88. The Morgan fingerprint density at radius 3 is 2.15 bits per heavy atom. The fourth-order valence-electron chi connectivity index (χ4n) is 2.97. The molecule has 0 aromatic heterocycles. The molecule has 1 aliphatic heterocycles. The van der Waals surface area contributed by atoms with Crippen LogP contribution in [0, 0.1) is 0 Å². The standard InChI is InChI=1S/C21H21ClN2O2/c1-3-13-24-20(25)18(15-7-9-16(22)10-8-15)19(21(24)26)23-17-11-5-14(4-2)6-12-17/h5-12,23H,3-4,13H2,1-2H3. The van der Waals surface area contributed by atoms with Crippen LogP contribution in [-0.4, -0.2) is 23.3 Å². The third kappa shape index (κ3) is 3.51. The molecule has 1 heterocycles. The normalized spacial score (nSPS) is 14.3. The van der Waals surface area contributed by atoms with Crippen LogP contribution in [0.4, 0.5) is 5.69 Å². The number of imide groups is 1. The van der Waals surface area contributed by atoms with Gasteiger partial charge in [0.2, 0.25) is 0 Å². The van der Waals surface area contributed by atoms with Crippen molar-refractivity contribution in [3.63, 3.8) is 0 Å². The SMILES string of the molecule is CCCN1C(=O)C(Nc2ccc(CC)cc2)=C(c2ccc(Cl)cc2)C1=O. The Morgan fingerprint density at radius 1 is 0.923 bits per heavy atom. The van der Waals surface area contributed by atoms with Gasteiger partial charge in [-0.15, -0.1) is 0 Å². The van der Waals surface area contributed by atoms with Gasteiger partial charge in [-0.25, -0.2) is 0 Å². The second kappa shape index (κ2) is 7.75. The van der Waals surface area contributed by atoms with Gasteiger partial charge >= 0.3 is 0 Å². The number of halogens is 1. The predicted octanol–water partition coefficient (Wildman–Crippen LogP) is 4.50. The lowest BCUT2D eigenvalue weighted by Crippen LogP contribution is -2.33. The van der Waals surface area contributed by atoms with Gasteiger partial charge < -0.3 is 5.32 Å². The fraction of sp³-hybridized carbons (Fsp3) is 0.238. The minimum atomic E-state index is -0.290. The molecule has 2 amide bonds. The minimum absolute atomic E-state index is 0.271. The number of nitrogens with zero attached hydrogens (tertiary/aromatic N) is 1. The number of rotatable bonds is 6. The molecule has 4 nitrogen and oxygen atoms in total. The zero-order valence-electron chi connectivity index (χ0n) is 14.9. The third-order valence-electron chi connectivity index (χ3n) is 4.38. The maximum absolute atomic E-state index is 12.9. The van der Waals surface area contributed by atoms with E-state index in [1.807, 2.05) is 31.2 Å². The van der Waals surface area contributed by atoms with Gasteiger partial charge in [-0.3, -0.25) is 14.5 Å². The van der Waals surface area contributed by atoms with E-state index in [0.717, 1.165) is 12.1 Å². The molecule has 0 bridgehead atoms. The van der Waals surface area contributed by atoms with Gasteiger partial charge in [0.15, 0.2) is 0 Å². The van der Waals surface area contributed by atoms with E-state index in [4.69, 9.17) is 11.6 Å². The highest BCUT2D eigenvalue weighted by molar-refractivity contribution is 6.36. The zero-order valence-corrected chi connectivity index (χ0v) is 15.6. The van der Waals surface area contributed by atoms with Gasteiger partial charge in [-0.05, 0) is 48.2 Å². The summed E-state index contributed by atoms with van der Waals surface area (Å²) in [5.74, 6) is -0.562. The molecule has 0 atom stereocenters. The Labute approximate surface area is 158 Å².